The van der Waals surface area contributed by atoms with E-state index in [4.69, 9.17) is 9.47 Å². The van der Waals surface area contributed by atoms with Crippen molar-refractivity contribution in [2.75, 3.05) is 7.11 Å². The van der Waals surface area contributed by atoms with E-state index >= 15 is 0 Å². The summed E-state index contributed by atoms with van der Waals surface area (Å²) in [6.07, 6.45) is 8.91. The van der Waals surface area contributed by atoms with Crippen LogP contribution < -0.4 is 9.47 Å². The van der Waals surface area contributed by atoms with E-state index in [2.05, 4.69) is 17.1 Å². The SMILES string of the molecule is COc1ccc(CCC(=O)N2[C@H]3CC=C[C@H]2CC3)cc1OCc1ccccc1. The smallest absolute Gasteiger partial charge is 0.223 e. The molecule has 4 nitrogen and oxygen atoms in total. The zero-order valence-corrected chi connectivity index (χ0v) is 16.3. The van der Waals surface area contributed by atoms with Crippen molar-refractivity contribution in [3.63, 3.8) is 0 Å². The maximum Gasteiger partial charge on any atom is 0.223 e. The minimum atomic E-state index is 0.263. The molecule has 4 heteroatoms. The van der Waals surface area contributed by atoms with E-state index in [1.54, 1.807) is 7.11 Å². The molecule has 28 heavy (non-hydrogen) atoms. The lowest BCUT2D eigenvalue weighted by Crippen LogP contribution is -2.42. The van der Waals surface area contributed by atoms with Gasteiger partial charge in [-0.25, -0.2) is 0 Å². The first-order valence-electron chi connectivity index (χ1n) is 10.1. The number of methoxy groups -OCH3 is 1. The fourth-order valence-electron chi connectivity index (χ4n) is 4.22. The third-order valence-corrected chi connectivity index (χ3v) is 5.69. The predicted molar refractivity (Wildman–Crippen MR) is 110 cm³/mol. The molecule has 0 radical (unpaired) electrons. The second-order valence-corrected chi connectivity index (χ2v) is 7.52. The molecule has 4 rings (SSSR count). The van der Waals surface area contributed by atoms with Crippen LogP contribution in [0.1, 0.15) is 36.8 Å². The van der Waals surface area contributed by atoms with Crippen LogP contribution in [0.3, 0.4) is 0 Å². The molecule has 2 atom stereocenters. The summed E-state index contributed by atoms with van der Waals surface area (Å²) in [4.78, 5) is 14.9. The number of ether oxygens (including phenoxy) is 2. The maximum absolute atomic E-state index is 12.8. The van der Waals surface area contributed by atoms with E-state index in [1.165, 1.54) is 0 Å². The molecule has 1 saturated heterocycles. The quantitative estimate of drug-likeness (QED) is 0.666. The van der Waals surface area contributed by atoms with Gasteiger partial charge in [-0.15, -0.1) is 0 Å². The van der Waals surface area contributed by atoms with Crippen molar-refractivity contribution in [2.24, 2.45) is 0 Å². The molecule has 2 bridgehead atoms. The van der Waals surface area contributed by atoms with Crippen LogP contribution >= 0.6 is 0 Å². The minimum Gasteiger partial charge on any atom is -0.493 e. The summed E-state index contributed by atoms with van der Waals surface area (Å²) in [6, 6.07) is 16.7. The fourth-order valence-corrected chi connectivity index (χ4v) is 4.22. The summed E-state index contributed by atoms with van der Waals surface area (Å²) in [5.74, 6) is 1.70. The van der Waals surface area contributed by atoms with Gasteiger partial charge in [-0.3, -0.25) is 4.79 Å². The summed E-state index contributed by atoms with van der Waals surface area (Å²) < 4.78 is 11.4. The van der Waals surface area contributed by atoms with Crippen molar-refractivity contribution in [1.82, 2.24) is 4.90 Å². The Morgan fingerprint density at radius 3 is 2.71 bits per heavy atom. The van der Waals surface area contributed by atoms with Crippen molar-refractivity contribution in [3.05, 3.63) is 71.8 Å². The number of carbonyl (C=O) groups is 1. The highest BCUT2D eigenvalue weighted by Gasteiger charge is 2.36. The molecule has 2 aliphatic rings. The van der Waals surface area contributed by atoms with Gasteiger partial charge >= 0.3 is 0 Å². The molecule has 0 unspecified atom stereocenters. The number of rotatable bonds is 7. The summed E-state index contributed by atoms with van der Waals surface area (Å²) in [6.45, 7) is 0.489. The molecule has 1 fully saturated rings. The van der Waals surface area contributed by atoms with Gasteiger partial charge in [-0.1, -0.05) is 48.6 Å². The summed E-state index contributed by atoms with van der Waals surface area (Å²) in [5, 5.41) is 0. The minimum absolute atomic E-state index is 0.263. The number of fused-ring (bicyclic) bond motifs is 2. The van der Waals surface area contributed by atoms with Crippen molar-refractivity contribution in [1.29, 1.82) is 0 Å². The highest BCUT2D eigenvalue weighted by Crippen LogP contribution is 2.33. The van der Waals surface area contributed by atoms with Crippen LogP contribution in [0.25, 0.3) is 0 Å². The average Bonchev–Trinajstić information content (AvgIpc) is 2.99. The summed E-state index contributed by atoms with van der Waals surface area (Å²) >= 11 is 0. The van der Waals surface area contributed by atoms with E-state index in [1.807, 2.05) is 48.5 Å². The Hall–Kier alpha value is -2.75. The van der Waals surface area contributed by atoms with Crippen LogP contribution in [0.4, 0.5) is 0 Å². The van der Waals surface area contributed by atoms with Crippen molar-refractivity contribution in [2.45, 2.75) is 50.8 Å². The monoisotopic (exact) mass is 377 g/mol. The van der Waals surface area contributed by atoms with Gasteiger partial charge in [0, 0.05) is 12.5 Å². The highest BCUT2D eigenvalue weighted by molar-refractivity contribution is 5.78. The number of nitrogens with zero attached hydrogens (tertiary/aromatic N) is 1. The van der Waals surface area contributed by atoms with Gasteiger partial charge in [-0.2, -0.15) is 0 Å². The average molecular weight is 377 g/mol. The number of hydrogen-bond acceptors (Lipinski definition) is 3. The highest BCUT2D eigenvalue weighted by atomic mass is 16.5. The molecule has 146 valence electrons. The van der Waals surface area contributed by atoms with E-state index in [0.717, 1.165) is 36.1 Å². The number of aryl methyl sites for hydroxylation is 1. The molecule has 2 aromatic carbocycles. The standard InChI is InChI=1S/C24H27NO3/c1-27-22-14-10-18(16-23(22)28-17-19-6-3-2-4-7-19)11-15-24(26)25-20-8-5-9-21(25)13-12-20/h2-8,10,14,16,20-21H,9,11-13,15,17H2,1H3/t20-,21-/m0/s1. The molecule has 0 N–H and O–H groups in total. The number of benzene rings is 2. The molecular weight excluding hydrogens is 350 g/mol. The van der Waals surface area contributed by atoms with Gasteiger partial charge in [0.2, 0.25) is 5.91 Å². The third kappa shape index (κ3) is 4.06. The van der Waals surface area contributed by atoms with Crippen molar-refractivity contribution < 1.29 is 14.3 Å². The predicted octanol–water partition coefficient (Wildman–Crippen LogP) is 4.53. The summed E-state index contributed by atoms with van der Waals surface area (Å²) in [7, 11) is 1.65. The zero-order chi connectivity index (χ0) is 19.3. The van der Waals surface area contributed by atoms with Gasteiger partial charge in [0.05, 0.1) is 13.2 Å². The van der Waals surface area contributed by atoms with Crippen LogP contribution in [0.15, 0.2) is 60.7 Å². The van der Waals surface area contributed by atoms with Crippen molar-refractivity contribution in [3.8, 4) is 11.5 Å². The van der Waals surface area contributed by atoms with Gasteiger partial charge in [0.1, 0.15) is 6.61 Å². The lowest BCUT2D eigenvalue weighted by Gasteiger charge is -2.31. The maximum atomic E-state index is 12.8. The first-order valence-corrected chi connectivity index (χ1v) is 10.1. The Balaban J connectivity index is 1.39. The Bertz CT molecular complexity index is 846. The van der Waals surface area contributed by atoms with Gasteiger partial charge in [0.25, 0.3) is 0 Å². The van der Waals surface area contributed by atoms with Gasteiger partial charge < -0.3 is 14.4 Å². The third-order valence-electron chi connectivity index (χ3n) is 5.69. The number of carbonyl (C=O) groups excluding carboxylic acids is 1. The fraction of sp³-hybridized carbons (Fsp3) is 0.375. The summed E-state index contributed by atoms with van der Waals surface area (Å²) in [5.41, 5.74) is 2.20. The second-order valence-electron chi connectivity index (χ2n) is 7.52. The van der Waals surface area contributed by atoms with Crippen molar-refractivity contribution >= 4 is 5.91 Å². The van der Waals surface area contributed by atoms with E-state index in [9.17, 15) is 4.79 Å². The van der Waals surface area contributed by atoms with Crippen LogP contribution in [-0.2, 0) is 17.8 Å². The topological polar surface area (TPSA) is 38.8 Å². The Kier molecular flexibility index (Phi) is 5.65. The molecule has 0 saturated carbocycles. The van der Waals surface area contributed by atoms with Crippen LogP contribution in [0.2, 0.25) is 0 Å². The Labute approximate surface area is 166 Å². The van der Waals surface area contributed by atoms with Crippen LogP contribution in [0, 0.1) is 0 Å². The number of hydrogen-bond donors (Lipinski definition) is 0. The lowest BCUT2D eigenvalue weighted by atomic mass is 10.1. The van der Waals surface area contributed by atoms with Gasteiger partial charge in [-0.05, 0) is 48.9 Å². The first kappa shape index (κ1) is 18.6. The Morgan fingerprint density at radius 2 is 1.93 bits per heavy atom. The molecule has 2 aliphatic heterocycles. The zero-order valence-electron chi connectivity index (χ0n) is 16.3. The lowest BCUT2D eigenvalue weighted by molar-refractivity contribution is -0.133. The molecule has 0 spiro atoms. The van der Waals surface area contributed by atoms with Crippen LogP contribution in [-0.4, -0.2) is 30.0 Å². The molecule has 1 amide bonds. The normalized spacial score (nSPS) is 20.2. The van der Waals surface area contributed by atoms with E-state index in [-0.39, 0.29) is 5.91 Å². The Morgan fingerprint density at radius 1 is 1.07 bits per heavy atom. The molecule has 2 heterocycles. The molecule has 0 aliphatic carbocycles. The number of amides is 1. The molecular formula is C24H27NO3. The molecule has 2 aromatic rings. The van der Waals surface area contributed by atoms with Gasteiger partial charge in [0.15, 0.2) is 11.5 Å². The largest absolute Gasteiger partial charge is 0.493 e. The second kappa shape index (κ2) is 8.51. The van der Waals surface area contributed by atoms with E-state index in [0.29, 0.717) is 37.3 Å². The molecule has 0 aromatic heterocycles. The first-order chi connectivity index (χ1) is 13.7. The van der Waals surface area contributed by atoms with Crippen LogP contribution in [0.5, 0.6) is 11.5 Å². The van der Waals surface area contributed by atoms with E-state index < -0.39 is 0 Å².